The van der Waals surface area contributed by atoms with Gasteiger partial charge in [0.1, 0.15) is 5.75 Å². The lowest BCUT2D eigenvalue weighted by Crippen LogP contribution is -2.10. The Morgan fingerprint density at radius 1 is 1.05 bits per heavy atom. The first-order valence-corrected chi connectivity index (χ1v) is 6.44. The first-order valence-electron chi connectivity index (χ1n) is 6.44. The van der Waals surface area contributed by atoms with Crippen LogP contribution in [0.3, 0.4) is 0 Å². The van der Waals surface area contributed by atoms with Crippen LogP contribution in [-0.2, 0) is 5.41 Å². The van der Waals surface area contributed by atoms with Crippen molar-refractivity contribution < 1.29 is 13.9 Å². The number of rotatable bonds is 3. The van der Waals surface area contributed by atoms with Crippen LogP contribution in [0.15, 0.2) is 42.5 Å². The van der Waals surface area contributed by atoms with Crippen molar-refractivity contribution >= 4 is 6.29 Å². The van der Waals surface area contributed by atoms with E-state index in [-0.39, 0.29) is 16.7 Å². The summed E-state index contributed by atoms with van der Waals surface area (Å²) < 4.78 is 19.2. The Hall–Kier alpha value is -2.16. The third kappa shape index (κ3) is 3.05. The maximum absolute atomic E-state index is 13.7. The molecule has 2 aromatic carbocycles. The van der Waals surface area contributed by atoms with Crippen LogP contribution in [0.4, 0.5) is 4.39 Å². The minimum atomic E-state index is -0.547. The van der Waals surface area contributed by atoms with Gasteiger partial charge in [-0.1, -0.05) is 39.0 Å². The lowest BCUT2D eigenvalue weighted by atomic mass is 9.87. The number of halogens is 1. The van der Waals surface area contributed by atoms with Gasteiger partial charge in [-0.05, 0) is 35.2 Å². The van der Waals surface area contributed by atoms with Gasteiger partial charge in [-0.2, -0.15) is 0 Å². The molecular formula is C17H17FO2. The summed E-state index contributed by atoms with van der Waals surface area (Å²) in [6.07, 6.45) is 0.585. The number of benzene rings is 2. The number of hydrogen-bond acceptors (Lipinski definition) is 2. The van der Waals surface area contributed by atoms with Crippen molar-refractivity contribution in [2.45, 2.75) is 26.2 Å². The fraction of sp³-hybridized carbons (Fsp3) is 0.235. The van der Waals surface area contributed by atoms with E-state index in [9.17, 15) is 9.18 Å². The molecule has 0 spiro atoms. The van der Waals surface area contributed by atoms with E-state index in [1.807, 2.05) is 12.1 Å². The molecule has 0 N–H and O–H groups in total. The molecule has 0 aliphatic heterocycles. The monoisotopic (exact) mass is 272 g/mol. The smallest absolute Gasteiger partial charge is 0.173 e. The summed E-state index contributed by atoms with van der Waals surface area (Å²) in [4.78, 5) is 10.9. The van der Waals surface area contributed by atoms with Crippen LogP contribution in [0.25, 0.3) is 0 Å². The number of para-hydroxylation sites is 1. The van der Waals surface area contributed by atoms with E-state index in [0.29, 0.717) is 12.0 Å². The third-order valence-corrected chi connectivity index (χ3v) is 3.06. The molecule has 104 valence electrons. The highest BCUT2D eigenvalue weighted by atomic mass is 19.1. The summed E-state index contributed by atoms with van der Waals surface area (Å²) in [7, 11) is 0. The summed E-state index contributed by atoms with van der Waals surface area (Å²) in [5, 5.41) is 0. The number of carbonyl (C=O) groups is 1. The zero-order valence-electron chi connectivity index (χ0n) is 11.8. The molecule has 0 saturated carbocycles. The van der Waals surface area contributed by atoms with Crippen molar-refractivity contribution in [1.82, 2.24) is 0 Å². The summed E-state index contributed by atoms with van der Waals surface area (Å²) in [6, 6.07) is 11.7. The second-order valence-electron chi connectivity index (χ2n) is 5.65. The molecule has 0 radical (unpaired) electrons. The van der Waals surface area contributed by atoms with Crippen LogP contribution in [0, 0.1) is 5.82 Å². The third-order valence-electron chi connectivity index (χ3n) is 3.06. The fourth-order valence-electron chi connectivity index (χ4n) is 1.87. The van der Waals surface area contributed by atoms with Crippen molar-refractivity contribution in [3.63, 3.8) is 0 Å². The summed E-state index contributed by atoms with van der Waals surface area (Å²) in [5.41, 5.74) is 1.41. The van der Waals surface area contributed by atoms with Crippen molar-refractivity contribution in [2.24, 2.45) is 0 Å². The predicted molar refractivity (Wildman–Crippen MR) is 77.0 cm³/mol. The van der Waals surface area contributed by atoms with E-state index in [1.165, 1.54) is 18.2 Å². The van der Waals surface area contributed by atoms with E-state index in [0.717, 1.165) is 5.56 Å². The van der Waals surface area contributed by atoms with Gasteiger partial charge in [0.15, 0.2) is 17.9 Å². The second-order valence-corrected chi connectivity index (χ2v) is 5.65. The van der Waals surface area contributed by atoms with Crippen molar-refractivity contribution in [3.8, 4) is 11.5 Å². The average molecular weight is 272 g/mol. The largest absolute Gasteiger partial charge is 0.454 e. The Morgan fingerprint density at radius 3 is 2.25 bits per heavy atom. The molecule has 0 heterocycles. The molecule has 0 saturated heterocycles. The summed E-state index contributed by atoms with van der Waals surface area (Å²) in [6.45, 7) is 6.35. The van der Waals surface area contributed by atoms with Gasteiger partial charge < -0.3 is 4.74 Å². The van der Waals surface area contributed by atoms with E-state index < -0.39 is 5.82 Å². The maximum atomic E-state index is 13.7. The first-order chi connectivity index (χ1) is 9.41. The van der Waals surface area contributed by atoms with Crippen molar-refractivity contribution in [2.75, 3.05) is 0 Å². The molecule has 0 fully saturated rings. The zero-order valence-corrected chi connectivity index (χ0v) is 11.8. The molecule has 0 bridgehead atoms. The van der Waals surface area contributed by atoms with Crippen LogP contribution in [0.1, 0.15) is 36.7 Å². The maximum Gasteiger partial charge on any atom is 0.173 e. The standard InChI is InChI=1S/C17H17FO2/c1-17(2,3)13-7-9-14(10-8-13)20-16-12(11-19)5-4-6-15(16)18/h4-11H,1-3H3. The molecule has 0 aromatic heterocycles. The average Bonchev–Trinajstić information content (AvgIpc) is 2.40. The number of carbonyl (C=O) groups excluding carboxylic acids is 1. The topological polar surface area (TPSA) is 26.3 Å². The molecule has 2 nitrogen and oxygen atoms in total. The molecule has 0 atom stereocenters. The van der Waals surface area contributed by atoms with E-state index >= 15 is 0 Å². The quantitative estimate of drug-likeness (QED) is 0.755. The van der Waals surface area contributed by atoms with Crippen LogP contribution >= 0.6 is 0 Å². The van der Waals surface area contributed by atoms with Crippen molar-refractivity contribution in [3.05, 3.63) is 59.4 Å². The van der Waals surface area contributed by atoms with Gasteiger partial charge in [0.05, 0.1) is 5.56 Å². The number of aldehydes is 1. The highest BCUT2D eigenvalue weighted by Gasteiger charge is 2.14. The predicted octanol–water partition coefficient (Wildman–Crippen LogP) is 4.73. The van der Waals surface area contributed by atoms with Crippen LogP contribution in [0.2, 0.25) is 0 Å². The van der Waals surface area contributed by atoms with Gasteiger partial charge in [0.2, 0.25) is 0 Å². The summed E-state index contributed by atoms with van der Waals surface area (Å²) in [5.74, 6) is -0.0771. The molecule has 2 rings (SSSR count). The van der Waals surface area contributed by atoms with E-state index in [1.54, 1.807) is 12.1 Å². The van der Waals surface area contributed by atoms with Crippen LogP contribution < -0.4 is 4.74 Å². The van der Waals surface area contributed by atoms with Gasteiger partial charge in [-0.25, -0.2) is 4.39 Å². The fourth-order valence-corrected chi connectivity index (χ4v) is 1.87. The molecule has 3 heteroatoms. The highest BCUT2D eigenvalue weighted by Crippen LogP contribution is 2.29. The Bertz CT molecular complexity index is 610. The Kier molecular flexibility index (Phi) is 3.89. The van der Waals surface area contributed by atoms with Gasteiger partial charge >= 0.3 is 0 Å². The molecule has 0 amide bonds. The molecular weight excluding hydrogens is 255 g/mol. The minimum absolute atomic E-state index is 0.0361. The molecule has 0 unspecified atom stereocenters. The van der Waals surface area contributed by atoms with Gasteiger partial charge in [0, 0.05) is 0 Å². The normalized spacial score (nSPS) is 11.2. The van der Waals surface area contributed by atoms with Gasteiger partial charge in [0.25, 0.3) is 0 Å². The summed E-state index contributed by atoms with van der Waals surface area (Å²) >= 11 is 0. The minimum Gasteiger partial charge on any atom is -0.454 e. The molecule has 0 aliphatic carbocycles. The molecule has 0 aliphatic rings. The highest BCUT2D eigenvalue weighted by molar-refractivity contribution is 5.79. The lowest BCUT2D eigenvalue weighted by molar-refractivity contribution is 0.112. The van der Waals surface area contributed by atoms with Crippen molar-refractivity contribution in [1.29, 1.82) is 0 Å². The molecule has 20 heavy (non-hydrogen) atoms. The Labute approximate surface area is 118 Å². The first kappa shape index (κ1) is 14.3. The molecule has 2 aromatic rings. The number of ether oxygens (including phenoxy) is 1. The SMILES string of the molecule is CC(C)(C)c1ccc(Oc2c(F)cccc2C=O)cc1. The Balaban J connectivity index is 2.29. The second kappa shape index (κ2) is 5.45. The van der Waals surface area contributed by atoms with E-state index in [2.05, 4.69) is 20.8 Å². The zero-order chi connectivity index (χ0) is 14.8. The van der Waals surface area contributed by atoms with Crippen LogP contribution in [-0.4, -0.2) is 6.29 Å². The lowest BCUT2D eigenvalue weighted by Gasteiger charge is -2.19. The van der Waals surface area contributed by atoms with Crippen LogP contribution in [0.5, 0.6) is 11.5 Å². The van der Waals surface area contributed by atoms with E-state index in [4.69, 9.17) is 4.74 Å². The van der Waals surface area contributed by atoms with Gasteiger partial charge in [-0.3, -0.25) is 4.79 Å². The number of hydrogen-bond donors (Lipinski definition) is 0. The van der Waals surface area contributed by atoms with Gasteiger partial charge in [-0.15, -0.1) is 0 Å². The Morgan fingerprint density at radius 2 is 1.70 bits per heavy atom.